The van der Waals surface area contributed by atoms with Gasteiger partial charge in [-0.15, -0.1) is 0 Å². The SMILES string of the molecule is CCN(CC)CCCN(CC)C(CN)CC(OC)OC. The zero-order chi connectivity index (χ0) is 15.4. The van der Waals surface area contributed by atoms with E-state index in [1.54, 1.807) is 14.2 Å². The Kier molecular flexibility index (Phi) is 12.4. The smallest absolute Gasteiger partial charge is 0.158 e. The average Bonchev–Trinajstić information content (AvgIpc) is 2.50. The van der Waals surface area contributed by atoms with Crippen LogP contribution in [0, 0.1) is 0 Å². The number of nitrogens with zero attached hydrogens (tertiary/aromatic N) is 2. The lowest BCUT2D eigenvalue weighted by Gasteiger charge is -2.32. The van der Waals surface area contributed by atoms with Crippen LogP contribution < -0.4 is 5.73 Å². The number of hydrogen-bond donors (Lipinski definition) is 1. The zero-order valence-electron chi connectivity index (χ0n) is 14.1. The molecule has 5 heteroatoms. The van der Waals surface area contributed by atoms with Gasteiger partial charge in [-0.25, -0.2) is 0 Å². The first-order valence-electron chi connectivity index (χ1n) is 7.88. The van der Waals surface area contributed by atoms with Crippen molar-refractivity contribution < 1.29 is 9.47 Å². The van der Waals surface area contributed by atoms with Gasteiger partial charge in [-0.2, -0.15) is 0 Å². The van der Waals surface area contributed by atoms with E-state index in [9.17, 15) is 0 Å². The molecule has 2 N–H and O–H groups in total. The van der Waals surface area contributed by atoms with E-state index in [2.05, 4.69) is 30.6 Å². The van der Waals surface area contributed by atoms with Crippen molar-refractivity contribution in [2.75, 3.05) is 53.5 Å². The second kappa shape index (κ2) is 12.5. The first kappa shape index (κ1) is 19.8. The topological polar surface area (TPSA) is 51.0 Å². The Morgan fingerprint density at radius 1 is 0.950 bits per heavy atom. The lowest BCUT2D eigenvalue weighted by molar-refractivity contribution is -0.116. The molecule has 1 unspecified atom stereocenters. The van der Waals surface area contributed by atoms with Gasteiger partial charge >= 0.3 is 0 Å². The van der Waals surface area contributed by atoms with Gasteiger partial charge in [0, 0.05) is 33.2 Å². The molecular formula is C15H35N3O2. The van der Waals surface area contributed by atoms with Crippen molar-refractivity contribution in [2.24, 2.45) is 5.73 Å². The first-order valence-corrected chi connectivity index (χ1v) is 7.88. The minimum absolute atomic E-state index is 0.166. The Morgan fingerprint density at radius 2 is 1.55 bits per heavy atom. The van der Waals surface area contributed by atoms with Gasteiger partial charge in [-0.1, -0.05) is 20.8 Å². The van der Waals surface area contributed by atoms with Crippen LogP contribution in [0.3, 0.4) is 0 Å². The Labute approximate surface area is 125 Å². The molecule has 0 heterocycles. The largest absolute Gasteiger partial charge is 0.356 e. The molecule has 0 saturated heterocycles. The van der Waals surface area contributed by atoms with Crippen molar-refractivity contribution in [3.63, 3.8) is 0 Å². The predicted molar refractivity (Wildman–Crippen MR) is 84.9 cm³/mol. The van der Waals surface area contributed by atoms with Gasteiger partial charge in [-0.05, 0) is 39.1 Å². The minimum Gasteiger partial charge on any atom is -0.356 e. The number of likely N-dealkylation sites (N-methyl/N-ethyl adjacent to an activating group) is 1. The molecule has 0 spiro atoms. The lowest BCUT2D eigenvalue weighted by atomic mass is 10.1. The number of rotatable bonds is 13. The molecule has 20 heavy (non-hydrogen) atoms. The van der Waals surface area contributed by atoms with Crippen LogP contribution in [0.25, 0.3) is 0 Å². The summed E-state index contributed by atoms with van der Waals surface area (Å²) in [7, 11) is 3.36. The number of hydrogen-bond acceptors (Lipinski definition) is 5. The van der Waals surface area contributed by atoms with Crippen LogP contribution in [0.5, 0.6) is 0 Å². The average molecular weight is 289 g/mol. The van der Waals surface area contributed by atoms with E-state index in [4.69, 9.17) is 15.2 Å². The van der Waals surface area contributed by atoms with E-state index in [1.165, 1.54) is 6.42 Å². The summed E-state index contributed by atoms with van der Waals surface area (Å²) in [6, 6.07) is 0.321. The van der Waals surface area contributed by atoms with Gasteiger partial charge in [0.15, 0.2) is 6.29 Å². The zero-order valence-corrected chi connectivity index (χ0v) is 14.1. The monoisotopic (exact) mass is 289 g/mol. The second-order valence-electron chi connectivity index (χ2n) is 5.04. The maximum Gasteiger partial charge on any atom is 0.158 e. The summed E-state index contributed by atoms with van der Waals surface area (Å²) >= 11 is 0. The molecular weight excluding hydrogens is 254 g/mol. The predicted octanol–water partition coefficient (Wildman–Crippen LogP) is 1.38. The molecule has 0 aromatic rings. The normalized spacial score (nSPS) is 13.7. The summed E-state index contributed by atoms with van der Waals surface area (Å²) in [5, 5.41) is 0. The third kappa shape index (κ3) is 7.55. The molecule has 0 amide bonds. The summed E-state index contributed by atoms with van der Waals surface area (Å²) in [6.07, 6.45) is 1.83. The fourth-order valence-electron chi connectivity index (χ4n) is 2.54. The molecule has 1 atom stereocenters. The molecule has 0 aromatic carbocycles. The Bertz CT molecular complexity index is 209. The van der Waals surface area contributed by atoms with Crippen molar-refractivity contribution in [2.45, 2.75) is 45.9 Å². The highest BCUT2D eigenvalue weighted by atomic mass is 16.7. The highest BCUT2D eigenvalue weighted by Gasteiger charge is 2.20. The van der Waals surface area contributed by atoms with Crippen molar-refractivity contribution in [1.82, 2.24) is 9.80 Å². The van der Waals surface area contributed by atoms with Crippen molar-refractivity contribution >= 4 is 0 Å². The van der Waals surface area contributed by atoms with Gasteiger partial charge < -0.3 is 20.1 Å². The molecule has 0 fully saturated rings. The molecule has 122 valence electrons. The maximum atomic E-state index is 5.93. The molecule has 0 aliphatic heterocycles. The maximum absolute atomic E-state index is 5.93. The number of methoxy groups -OCH3 is 2. The fraction of sp³-hybridized carbons (Fsp3) is 1.00. The summed E-state index contributed by atoms with van der Waals surface area (Å²) in [4.78, 5) is 4.90. The third-order valence-corrected chi connectivity index (χ3v) is 4.00. The second-order valence-corrected chi connectivity index (χ2v) is 5.04. The van der Waals surface area contributed by atoms with Gasteiger partial charge in [0.25, 0.3) is 0 Å². The molecule has 0 aliphatic rings. The van der Waals surface area contributed by atoms with E-state index >= 15 is 0 Å². The molecule has 5 nitrogen and oxygen atoms in total. The van der Waals surface area contributed by atoms with Gasteiger partial charge in [-0.3, -0.25) is 4.90 Å². The van der Waals surface area contributed by atoms with Crippen molar-refractivity contribution in [3.05, 3.63) is 0 Å². The van der Waals surface area contributed by atoms with E-state index < -0.39 is 0 Å². The van der Waals surface area contributed by atoms with Crippen molar-refractivity contribution in [1.29, 1.82) is 0 Å². The summed E-state index contributed by atoms with van der Waals surface area (Å²) < 4.78 is 10.6. The highest BCUT2D eigenvalue weighted by Crippen LogP contribution is 2.10. The van der Waals surface area contributed by atoms with E-state index in [0.29, 0.717) is 12.6 Å². The highest BCUT2D eigenvalue weighted by molar-refractivity contribution is 4.74. The summed E-state index contributed by atoms with van der Waals surface area (Å²) in [6.45, 7) is 12.7. The van der Waals surface area contributed by atoms with Gasteiger partial charge in [0.05, 0.1) is 0 Å². The van der Waals surface area contributed by atoms with Crippen LogP contribution in [0.2, 0.25) is 0 Å². The van der Waals surface area contributed by atoms with Crippen LogP contribution in [0.4, 0.5) is 0 Å². The van der Waals surface area contributed by atoms with Crippen LogP contribution in [0.1, 0.15) is 33.6 Å². The standard InChI is InChI=1S/C15H35N3O2/c1-6-17(7-2)10-9-11-18(8-3)14(13-16)12-15(19-4)20-5/h14-15H,6-13,16H2,1-5H3. The van der Waals surface area contributed by atoms with E-state index in [-0.39, 0.29) is 6.29 Å². The molecule has 0 bridgehead atoms. The fourth-order valence-corrected chi connectivity index (χ4v) is 2.54. The van der Waals surface area contributed by atoms with E-state index in [1.807, 2.05) is 0 Å². The van der Waals surface area contributed by atoms with Crippen LogP contribution in [-0.4, -0.2) is 75.6 Å². The lowest BCUT2D eigenvalue weighted by Crippen LogP contribution is -2.44. The Morgan fingerprint density at radius 3 is 1.95 bits per heavy atom. The molecule has 0 aromatic heterocycles. The molecule has 0 saturated carbocycles. The van der Waals surface area contributed by atoms with Gasteiger partial charge in [0.2, 0.25) is 0 Å². The quantitative estimate of drug-likeness (QED) is 0.519. The van der Waals surface area contributed by atoms with Crippen molar-refractivity contribution in [3.8, 4) is 0 Å². The van der Waals surface area contributed by atoms with Crippen LogP contribution >= 0.6 is 0 Å². The van der Waals surface area contributed by atoms with Crippen LogP contribution in [-0.2, 0) is 9.47 Å². The third-order valence-electron chi connectivity index (χ3n) is 4.00. The molecule has 0 radical (unpaired) electrons. The first-order chi connectivity index (χ1) is 9.66. The Balaban J connectivity index is 4.24. The number of nitrogens with two attached hydrogens (primary N) is 1. The molecule has 0 aliphatic carbocycles. The van der Waals surface area contributed by atoms with Crippen LogP contribution in [0.15, 0.2) is 0 Å². The Hall–Kier alpha value is -0.200. The minimum atomic E-state index is -0.166. The molecule has 0 rings (SSSR count). The number of ether oxygens (including phenoxy) is 2. The van der Waals surface area contributed by atoms with E-state index in [0.717, 1.165) is 39.1 Å². The van der Waals surface area contributed by atoms with Gasteiger partial charge in [0.1, 0.15) is 0 Å². The summed E-state index contributed by atoms with van der Waals surface area (Å²) in [5.74, 6) is 0. The summed E-state index contributed by atoms with van der Waals surface area (Å²) in [5.41, 5.74) is 5.93.